The Morgan fingerprint density at radius 3 is 2.38 bits per heavy atom. The van der Waals surface area contributed by atoms with Gasteiger partial charge < -0.3 is 14.2 Å². The van der Waals surface area contributed by atoms with E-state index >= 15 is 0 Å². The van der Waals surface area contributed by atoms with Gasteiger partial charge in [-0.05, 0) is 6.42 Å². The molecule has 1 aromatic rings. The van der Waals surface area contributed by atoms with Crippen LogP contribution in [0.3, 0.4) is 0 Å². The first kappa shape index (κ1) is 18.5. The van der Waals surface area contributed by atoms with Crippen molar-refractivity contribution < 1.29 is 14.2 Å². The van der Waals surface area contributed by atoms with E-state index in [4.69, 9.17) is 14.2 Å². The number of halogens is 1. The molecule has 21 heavy (non-hydrogen) atoms. The van der Waals surface area contributed by atoms with Crippen molar-refractivity contribution in [2.45, 2.75) is 32.7 Å². The van der Waals surface area contributed by atoms with Gasteiger partial charge in [0.1, 0.15) is 0 Å². The van der Waals surface area contributed by atoms with Crippen LogP contribution < -0.4 is 0 Å². The Bertz CT molecular complexity index is 350. The number of aryl methyl sites for hydroxylation is 1. The van der Waals surface area contributed by atoms with Gasteiger partial charge in [0.2, 0.25) is 0 Å². The lowest BCUT2D eigenvalue weighted by Gasteiger charge is -2.06. The van der Waals surface area contributed by atoms with E-state index in [0.29, 0.717) is 33.0 Å². The van der Waals surface area contributed by atoms with Crippen molar-refractivity contribution in [3.05, 3.63) is 11.9 Å². The standard InChI is InChI=1S/C14H26BrN3O3/c1-2-3-7-19-9-11-21-12-10-20-8-6-18-13-14(4-5-15)16-17-18/h13H,2-12H2,1H3. The van der Waals surface area contributed by atoms with E-state index < -0.39 is 0 Å². The molecule has 1 rings (SSSR count). The molecule has 0 saturated heterocycles. The number of unbranched alkanes of at least 4 members (excludes halogenated alkanes) is 1. The molecule has 0 aromatic carbocycles. The zero-order valence-electron chi connectivity index (χ0n) is 12.8. The van der Waals surface area contributed by atoms with Crippen LogP contribution in [-0.2, 0) is 27.2 Å². The van der Waals surface area contributed by atoms with Crippen molar-refractivity contribution in [1.29, 1.82) is 0 Å². The molecule has 0 amide bonds. The maximum absolute atomic E-state index is 5.49. The predicted octanol–water partition coefficient (Wildman–Crippen LogP) is 2.07. The number of nitrogens with zero attached hydrogens (tertiary/aromatic N) is 3. The molecular formula is C14H26BrN3O3. The lowest BCUT2D eigenvalue weighted by Crippen LogP contribution is -2.12. The van der Waals surface area contributed by atoms with Gasteiger partial charge in [0.05, 0.1) is 45.3 Å². The Morgan fingerprint density at radius 2 is 1.71 bits per heavy atom. The van der Waals surface area contributed by atoms with Crippen LogP contribution in [0.25, 0.3) is 0 Å². The number of rotatable bonds is 14. The lowest BCUT2D eigenvalue weighted by atomic mass is 10.4. The summed E-state index contributed by atoms with van der Waals surface area (Å²) in [5, 5.41) is 9.00. The highest BCUT2D eigenvalue weighted by Crippen LogP contribution is 1.97. The molecule has 0 atom stereocenters. The number of ether oxygens (including phenoxy) is 3. The van der Waals surface area contributed by atoms with Crippen LogP contribution in [0, 0.1) is 0 Å². The normalized spacial score (nSPS) is 11.1. The topological polar surface area (TPSA) is 58.4 Å². The first-order valence-electron chi connectivity index (χ1n) is 7.55. The van der Waals surface area contributed by atoms with E-state index in [1.54, 1.807) is 4.68 Å². The summed E-state index contributed by atoms with van der Waals surface area (Å²) in [6, 6.07) is 0. The van der Waals surface area contributed by atoms with Gasteiger partial charge in [-0.25, -0.2) is 4.68 Å². The number of hydrogen-bond acceptors (Lipinski definition) is 5. The predicted molar refractivity (Wildman–Crippen MR) is 84.9 cm³/mol. The molecule has 0 N–H and O–H groups in total. The molecule has 7 heteroatoms. The van der Waals surface area contributed by atoms with Crippen LogP contribution in [-0.4, -0.2) is 60.0 Å². The van der Waals surface area contributed by atoms with E-state index in [-0.39, 0.29) is 0 Å². The van der Waals surface area contributed by atoms with Gasteiger partial charge in [0.25, 0.3) is 0 Å². The molecular weight excluding hydrogens is 338 g/mol. The van der Waals surface area contributed by atoms with E-state index in [0.717, 1.165) is 43.4 Å². The molecule has 1 heterocycles. The Morgan fingerprint density at radius 1 is 1.05 bits per heavy atom. The van der Waals surface area contributed by atoms with Crippen molar-refractivity contribution in [3.8, 4) is 0 Å². The van der Waals surface area contributed by atoms with Gasteiger partial charge in [0.15, 0.2) is 0 Å². The lowest BCUT2D eigenvalue weighted by molar-refractivity contribution is 0.0123. The number of aromatic nitrogens is 3. The Hall–Kier alpha value is -0.500. The second-order valence-electron chi connectivity index (χ2n) is 4.60. The van der Waals surface area contributed by atoms with Crippen molar-refractivity contribution >= 4 is 15.9 Å². The summed E-state index contributed by atoms with van der Waals surface area (Å²) >= 11 is 3.38. The van der Waals surface area contributed by atoms with Crippen LogP contribution in [0.4, 0.5) is 0 Å². The quantitative estimate of drug-likeness (QED) is 0.374. The van der Waals surface area contributed by atoms with Crippen molar-refractivity contribution in [1.82, 2.24) is 15.0 Å². The molecule has 0 spiro atoms. The zero-order chi connectivity index (χ0) is 15.2. The third kappa shape index (κ3) is 9.95. The minimum absolute atomic E-state index is 0.595. The highest BCUT2D eigenvalue weighted by atomic mass is 79.9. The molecule has 0 saturated carbocycles. The molecule has 0 aliphatic heterocycles. The Labute approximate surface area is 135 Å². The van der Waals surface area contributed by atoms with Gasteiger partial charge in [-0.3, -0.25) is 0 Å². The van der Waals surface area contributed by atoms with E-state index in [2.05, 4.69) is 33.2 Å². The third-order valence-electron chi connectivity index (χ3n) is 2.79. The summed E-state index contributed by atoms with van der Waals surface area (Å²) < 4.78 is 18.1. The van der Waals surface area contributed by atoms with Crippen molar-refractivity contribution in [2.75, 3.05) is 45.0 Å². The monoisotopic (exact) mass is 363 g/mol. The Kier molecular flexibility index (Phi) is 11.6. The summed E-state index contributed by atoms with van der Waals surface area (Å²) in [6.45, 7) is 6.80. The van der Waals surface area contributed by atoms with Gasteiger partial charge in [-0.15, -0.1) is 5.10 Å². The smallest absolute Gasteiger partial charge is 0.0835 e. The number of hydrogen-bond donors (Lipinski definition) is 0. The molecule has 1 aromatic heterocycles. The van der Waals surface area contributed by atoms with E-state index in [9.17, 15) is 0 Å². The van der Waals surface area contributed by atoms with Gasteiger partial charge in [-0.2, -0.15) is 0 Å². The maximum Gasteiger partial charge on any atom is 0.0835 e. The summed E-state index contributed by atoms with van der Waals surface area (Å²) in [7, 11) is 0. The SMILES string of the molecule is CCCCOCCOCCOCCn1cc(CCBr)nn1. The fraction of sp³-hybridized carbons (Fsp3) is 0.857. The second kappa shape index (κ2) is 13.2. The molecule has 0 aliphatic rings. The average molecular weight is 364 g/mol. The van der Waals surface area contributed by atoms with Gasteiger partial charge >= 0.3 is 0 Å². The minimum atomic E-state index is 0.595. The first-order chi connectivity index (χ1) is 10.4. The molecule has 6 nitrogen and oxygen atoms in total. The van der Waals surface area contributed by atoms with Crippen LogP contribution in [0.15, 0.2) is 6.20 Å². The maximum atomic E-state index is 5.49. The van der Waals surface area contributed by atoms with Crippen LogP contribution in [0.2, 0.25) is 0 Å². The highest BCUT2D eigenvalue weighted by molar-refractivity contribution is 9.09. The molecule has 0 unspecified atom stereocenters. The highest BCUT2D eigenvalue weighted by Gasteiger charge is 1.99. The average Bonchev–Trinajstić information content (AvgIpc) is 2.93. The van der Waals surface area contributed by atoms with Crippen LogP contribution in [0.5, 0.6) is 0 Å². The molecule has 0 bridgehead atoms. The fourth-order valence-electron chi connectivity index (χ4n) is 1.61. The first-order valence-corrected chi connectivity index (χ1v) is 8.67. The summed E-state index contributed by atoms with van der Waals surface area (Å²) in [5.74, 6) is 0. The summed E-state index contributed by atoms with van der Waals surface area (Å²) in [5.41, 5.74) is 0.998. The van der Waals surface area contributed by atoms with Crippen LogP contribution >= 0.6 is 15.9 Å². The van der Waals surface area contributed by atoms with Crippen molar-refractivity contribution in [2.24, 2.45) is 0 Å². The molecule has 0 fully saturated rings. The minimum Gasteiger partial charge on any atom is -0.379 e. The second-order valence-corrected chi connectivity index (χ2v) is 5.40. The molecule has 0 radical (unpaired) electrons. The van der Waals surface area contributed by atoms with E-state index in [1.807, 2.05) is 6.20 Å². The van der Waals surface area contributed by atoms with Crippen LogP contribution in [0.1, 0.15) is 25.5 Å². The van der Waals surface area contributed by atoms with E-state index in [1.165, 1.54) is 0 Å². The fourth-order valence-corrected chi connectivity index (χ4v) is 2.01. The molecule has 122 valence electrons. The number of alkyl halides is 1. The summed E-state index contributed by atoms with van der Waals surface area (Å²) in [6.07, 6.45) is 5.13. The largest absolute Gasteiger partial charge is 0.379 e. The van der Waals surface area contributed by atoms with Crippen molar-refractivity contribution in [3.63, 3.8) is 0 Å². The Balaban J connectivity index is 1.86. The van der Waals surface area contributed by atoms with Gasteiger partial charge in [0, 0.05) is 24.6 Å². The summed E-state index contributed by atoms with van der Waals surface area (Å²) in [4.78, 5) is 0. The molecule has 0 aliphatic carbocycles. The zero-order valence-corrected chi connectivity index (χ0v) is 14.4. The third-order valence-corrected chi connectivity index (χ3v) is 3.18. The van der Waals surface area contributed by atoms with Gasteiger partial charge in [-0.1, -0.05) is 34.5 Å².